The van der Waals surface area contributed by atoms with Crippen molar-refractivity contribution in [1.29, 1.82) is 0 Å². The molecule has 0 radical (unpaired) electrons. The van der Waals surface area contributed by atoms with Gasteiger partial charge in [-0.1, -0.05) is 30.3 Å². The van der Waals surface area contributed by atoms with Gasteiger partial charge >= 0.3 is 11.9 Å². The van der Waals surface area contributed by atoms with Crippen LogP contribution in [-0.2, 0) is 17.9 Å². The Morgan fingerprint density at radius 2 is 1.91 bits per heavy atom. The number of imidazole rings is 1. The minimum absolute atomic E-state index is 0.207. The summed E-state index contributed by atoms with van der Waals surface area (Å²) >= 11 is 0. The monoisotopic (exact) mass is 440 g/mol. The van der Waals surface area contributed by atoms with Crippen LogP contribution in [0.3, 0.4) is 0 Å². The molecule has 4 aromatic rings. The smallest absolute Gasteiger partial charge is 0.337 e. The van der Waals surface area contributed by atoms with E-state index in [1.807, 2.05) is 34.9 Å². The maximum Gasteiger partial charge on any atom is 0.337 e. The normalized spacial score (nSPS) is 13.7. The zero-order valence-corrected chi connectivity index (χ0v) is 17.8. The lowest BCUT2D eigenvalue weighted by atomic mass is 9.93. The lowest BCUT2D eigenvalue weighted by Gasteiger charge is -2.12. The van der Waals surface area contributed by atoms with Gasteiger partial charge in [-0.3, -0.25) is 0 Å². The third-order valence-electron chi connectivity index (χ3n) is 5.74. The van der Waals surface area contributed by atoms with Gasteiger partial charge in [0.1, 0.15) is 12.4 Å². The molecule has 2 heterocycles. The lowest BCUT2D eigenvalue weighted by Crippen LogP contribution is -2.03. The second-order valence-electron chi connectivity index (χ2n) is 7.67. The van der Waals surface area contributed by atoms with Gasteiger partial charge in [0.05, 0.1) is 35.6 Å². The van der Waals surface area contributed by atoms with Crippen LogP contribution >= 0.6 is 0 Å². The average molecular weight is 440 g/mol. The molecule has 0 bridgehead atoms. The molecule has 0 atom stereocenters. The average Bonchev–Trinajstić information content (AvgIpc) is 3.18. The van der Waals surface area contributed by atoms with E-state index in [2.05, 4.69) is 4.98 Å². The van der Waals surface area contributed by atoms with E-state index in [1.165, 1.54) is 7.11 Å². The standard InChI is InChI=1S/C26H20N2O5/c1-32-26(31)17-7-9-24-21(12-17)20(19-5-3-2-4-18(19)14-33-24)10-11-28-15-27-22-8-6-16(25(29)30)13-23(22)28/h2-10,12-13,15H,11,14H2,1H3,(H,29,30)/b20-10+. The molecular weight excluding hydrogens is 420 g/mol. The number of fused-ring (bicyclic) bond motifs is 3. The Morgan fingerprint density at radius 3 is 2.73 bits per heavy atom. The molecule has 7 heteroatoms. The zero-order chi connectivity index (χ0) is 22.9. The molecule has 0 amide bonds. The number of hydrogen-bond acceptors (Lipinski definition) is 5. The molecular formula is C26H20N2O5. The largest absolute Gasteiger partial charge is 0.488 e. The lowest BCUT2D eigenvalue weighted by molar-refractivity contribution is 0.0599. The molecule has 1 N–H and O–H groups in total. The molecule has 1 aliphatic heterocycles. The van der Waals surface area contributed by atoms with Crippen LogP contribution in [0.15, 0.2) is 73.1 Å². The number of aromatic nitrogens is 2. The van der Waals surface area contributed by atoms with Gasteiger partial charge in [-0.15, -0.1) is 0 Å². The molecule has 3 aromatic carbocycles. The highest BCUT2D eigenvalue weighted by Gasteiger charge is 2.21. The van der Waals surface area contributed by atoms with Crippen molar-refractivity contribution in [3.05, 3.63) is 101 Å². The number of methoxy groups -OCH3 is 1. The van der Waals surface area contributed by atoms with E-state index in [0.29, 0.717) is 24.5 Å². The van der Waals surface area contributed by atoms with E-state index in [-0.39, 0.29) is 5.56 Å². The van der Waals surface area contributed by atoms with E-state index in [0.717, 1.165) is 33.3 Å². The first-order valence-electron chi connectivity index (χ1n) is 10.4. The summed E-state index contributed by atoms with van der Waals surface area (Å²) in [6, 6.07) is 18.1. The van der Waals surface area contributed by atoms with Gasteiger partial charge in [0, 0.05) is 12.1 Å². The number of hydrogen-bond donors (Lipinski definition) is 1. The van der Waals surface area contributed by atoms with Crippen molar-refractivity contribution in [3.63, 3.8) is 0 Å². The molecule has 1 aromatic heterocycles. The molecule has 0 saturated heterocycles. The number of esters is 1. The Morgan fingerprint density at radius 1 is 1.09 bits per heavy atom. The Hall–Kier alpha value is -4.39. The van der Waals surface area contributed by atoms with Crippen LogP contribution in [0.5, 0.6) is 5.75 Å². The van der Waals surface area contributed by atoms with Crippen molar-refractivity contribution in [2.45, 2.75) is 13.2 Å². The van der Waals surface area contributed by atoms with Crippen LogP contribution in [-0.4, -0.2) is 33.7 Å². The third kappa shape index (κ3) is 3.74. The van der Waals surface area contributed by atoms with Crippen LogP contribution in [0.1, 0.15) is 37.4 Å². The second-order valence-corrected chi connectivity index (χ2v) is 7.67. The minimum atomic E-state index is -0.984. The summed E-state index contributed by atoms with van der Waals surface area (Å²) in [5.41, 5.74) is 5.84. The fraction of sp³-hybridized carbons (Fsp3) is 0.115. The summed E-state index contributed by atoms with van der Waals surface area (Å²) in [6.45, 7) is 0.860. The third-order valence-corrected chi connectivity index (χ3v) is 5.74. The molecule has 0 fully saturated rings. The number of carboxylic acids is 1. The van der Waals surface area contributed by atoms with E-state index >= 15 is 0 Å². The Labute approximate surface area is 189 Å². The number of ether oxygens (including phenoxy) is 2. The van der Waals surface area contributed by atoms with Crippen LogP contribution in [0.2, 0.25) is 0 Å². The van der Waals surface area contributed by atoms with Gasteiger partial charge in [-0.25, -0.2) is 14.6 Å². The fourth-order valence-corrected chi connectivity index (χ4v) is 4.07. The molecule has 0 unspecified atom stereocenters. The van der Waals surface area contributed by atoms with E-state index in [4.69, 9.17) is 9.47 Å². The number of aromatic carboxylic acids is 1. The van der Waals surface area contributed by atoms with E-state index in [1.54, 1.807) is 42.7 Å². The number of nitrogens with zero attached hydrogens (tertiary/aromatic N) is 2. The summed E-state index contributed by atoms with van der Waals surface area (Å²) in [5.74, 6) is -0.729. The summed E-state index contributed by atoms with van der Waals surface area (Å²) in [5, 5.41) is 9.35. The van der Waals surface area contributed by atoms with E-state index in [9.17, 15) is 14.7 Å². The van der Waals surface area contributed by atoms with Gasteiger partial charge in [0.25, 0.3) is 0 Å². The SMILES string of the molecule is COC(=O)c1ccc2c(c1)/C(=C/Cn1cnc3ccc(C(=O)O)cc31)c1ccccc1CO2. The van der Waals surface area contributed by atoms with Crippen molar-refractivity contribution in [2.24, 2.45) is 0 Å². The topological polar surface area (TPSA) is 90.7 Å². The number of allylic oxidation sites excluding steroid dienone is 1. The molecule has 5 rings (SSSR count). The number of carbonyl (C=O) groups is 2. The summed E-state index contributed by atoms with van der Waals surface area (Å²) in [7, 11) is 1.35. The first-order chi connectivity index (χ1) is 16.0. The predicted octanol–water partition coefficient (Wildman–Crippen LogP) is 4.55. The van der Waals surface area contributed by atoms with Crippen molar-refractivity contribution in [1.82, 2.24) is 9.55 Å². The number of carboxylic acid groups (broad SMARTS) is 1. The first-order valence-corrected chi connectivity index (χ1v) is 10.4. The number of carbonyl (C=O) groups excluding carboxylic acids is 1. The summed E-state index contributed by atoms with van der Waals surface area (Å²) in [4.78, 5) is 28.0. The molecule has 1 aliphatic rings. The first kappa shape index (κ1) is 20.5. The van der Waals surface area contributed by atoms with Crippen LogP contribution in [0, 0.1) is 0 Å². The van der Waals surface area contributed by atoms with Crippen LogP contribution in [0.25, 0.3) is 16.6 Å². The van der Waals surface area contributed by atoms with Crippen LogP contribution < -0.4 is 4.74 Å². The number of benzene rings is 3. The fourth-order valence-electron chi connectivity index (χ4n) is 4.07. The summed E-state index contributed by atoms with van der Waals surface area (Å²) < 4.78 is 12.8. The Kier molecular flexibility index (Phi) is 5.14. The summed E-state index contributed by atoms with van der Waals surface area (Å²) in [6.07, 6.45) is 3.74. The maximum atomic E-state index is 12.2. The van der Waals surface area contributed by atoms with E-state index < -0.39 is 11.9 Å². The molecule has 0 aliphatic carbocycles. The van der Waals surface area contributed by atoms with Gasteiger partial charge in [-0.05, 0) is 53.1 Å². The highest BCUT2D eigenvalue weighted by molar-refractivity contribution is 5.94. The van der Waals surface area contributed by atoms with Gasteiger partial charge < -0.3 is 19.1 Å². The highest BCUT2D eigenvalue weighted by Crippen LogP contribution is 2.37. The molecule has 164 valence electrons. The zero-order valence-electron chi connectivity index (χ0n) is 17.8. The molecule has 33 heavy (non-hydrogen) atoms. The van der Waals surface area contributed by atoms with Crippen LogP contribution in [0.4, 0.5) is 0 Å². The molecule has 0 saturated carbocycles. The molecule has 0 spiro atoms. The highest BCUT2D eigenvalue weighted by atomic mass is 16.5. The van der Waals surface area contributed by atoms with Crippen molar-refractivity contribution < 1.29 is 24.2 Å². The van der Waals surface area contributed by atoms with Gasteiger partial charge in [0.2, 0.25) is 0 Å². The van der Waals surface area contributed by atoms with Crippen molar-refractivity contribution in [3.8, 4) is 5.75 Å². The second kappa shape index (κ2) is 8.27. The predicted molar refractivity (Wildman–Crippen MR) is 122 cm³/mol. The quantitative estimate of drug-likeness (QED) is 0.469. The minimum Gasteiger partial charge on any atom is -0.488 e. The van der Waals surface area contributed by atoms with Gasteiger partial charge in [0.15, 0.2) is 0 Å². The Bertz CT molecular complexity index is 1430. The number of rotatable bonds is 4. The molecule has 7 nitrogen and oxygen atoms in total. The van der Waals surface area contributed by atoms with Gasteiger partial charge in [-0.2, -0.15) is 0 Å². The Balaban J connectivity index is 1.64. The van der Waals surface area contributed by atoms with Crippen molar-refractivity contribution >= 4 is 28.5 Å². The van der Waals surface area contributed by atoms with Crippen molar-refractivity contribution in [2.75, 3.05) is 7.11 Å². The maximum absolute atomic E-state index is 12.2.